The van der Waals surface area contributed by atoms with Crippen molar-refractivity contribution in [3.63, 3.8) is 0 Å². The number of hydrogen-bond donors (Lipinski definition) is 3. The van der Waals surface area contributed by atoms with E-state index in [1.807, 2.05) is 6.92 Å². The van der Waals surface area contributed by atoms with Crippen molar-refractivity contribution in [2.45, 2.75) is 95.9 Å². The van der Waals surface area contributed by atoms with Crippen LogP contribution in [-0.4, -0.2) is 33.1 Å². The highest BCUT2D eigenvalue weighted by molar-refractivity contribution is 5.18. The third kappa shape index (κ3) is 2.38. The van der Waals surface area contributed by atoms with Crippen molar-refractivity contribution in [1.29, 1.82) is 0 Å². The van der Waals surface area contributed by atoms with Gasteiger partial charge in [0.2, 0.25) is 0 Å². The van der Waals surface area contributed by atoms with Crippen molar-refractivity contribution in [3.8, 4) is 12.3 Å². The topological polar surface area (TPSA) is 60.7 Å². The maximum absolute atomic E-state index is 11.6. The van der Waals surface area contributed by atoms with Crippen LogP contribution >= 0.6 is 0 Å². The van der Waals surface area contributed by atoms with Crippen molar-refractivity contribution in [2.24, 2.45) is 34.5 Å². The van der Waals surface area contributed by atoms with Crippen LogP contribution in [0.1, 0.15) is 78.1 Å². The molecule has 26 heavy (non-hydrogen) atoms. The van der Waals surface area contributed by atoms with Crippen LogP contribution in [0.3, 0.4) is 0 Å². The first-order valence-corrected chi connectivity index (χ1v) is 10.8. The van der Waals surface area contributed by atoms with Gasteiger partial charge in [0.25, 0.3) is 0 Å². The van der Waals surface area contributed by atoms with Gasteiger partial charge in [0, 0.05) is 18.3 Å². The van der Waals surface area contributed by atoms with E-state index in [-0.39, 0.29) is 23.0 Å². The molecular formula is C23H36O3. The summed E-state index contributed by atoms with van der Waals surface area (Å²) in [4.78, 5) is 0. The summed E-state index contributed by atoms with van der Waals surface area (Å²) >= 11 is 0. The van der Waals surface area contributed by atoms with E-state index in [1.54, 1.807) is 0 Å². The maximum Gasteiger partial charge on any atom is 0.0740 e. The maximum atomic E-state index is 11.6. The molecule has 0 aromatic heterocycles. The molecule has 0 aromatic carbocycles. The molecule has 0 saturated heterocycles. The second kappa shape index (κ2) is 6.23. The summed E-state index contributed by atoms with van der Waals surface area (Å²) in [7, 11) is 0. The average molecular weight is 361 g/mol. The molecule has 4 aliphatic carbocycles. The lowest BCUT2D eigenvalue weighted by atomic mass is 9.42. The Labute approximate surface area is 158 Å². The van der Waals surface area contributed by atoms with E-state index >= 15 is 0 Å². The Bertz CT molecular complexity index is 595. The van der Waals surface area contributed by atoms with Crippen molar-refractivity contribution in [3.05, 3.63) is 0 Å². The molecule has 0 unspecified atom stereocenters. The quantitative estimate of drug-likeness (QED) is 0.661. The fraction of sp³-hybridized carbons (Fsp3) is 0.913. The Kier molecular flexibility index (Phi) is 4.50. The molecule has 0 aliphatic heterocycles. The fourth-order valence-electron chi connectivity index (χ4n) is 8.41. The molecule has 0 amide bonds. The van der Waals surface area contributed by atoms with Crippen LogP contribution in [0.25, 0.3) is 0 Å². The first kappa shape index (κ1) is 18.8. The molecule has 0 spiro atoms. The Morgan fingerprint density at radius 3 is 2.54 bits per heavy atom. The highest BCUT2D eigenvalue weighted by Gasteiger charge is 2.66. The molecule has 9 atom stereocenters. The molecule has 3 N–H and O–H groups in total. The first-order valence-electron chi connectivity index (χ1n) is 10.8. The van der Waals surface area contributed by atoms with E-state index < -0.39 is 5.60 Å². The first-order chi connectivity index (χ1) is 12.3. The van der Waals surface area contributed by atoms with Gasteiger partial charge in [-0.2, -0.15) is 0 Å². The lowest BCUT2D eigenvalue weighted by Crippen LogP contribution is -2.64. The van der Waals surface area contributed by atoms with Crippen molar-refractivity contribution in [2.75, 3.05) is 0 Å². The standard InChI is InChI=1S/C23H36O3/c1-4-10-22-12-7-16(25)14-23(22,26)13-8-17-19-6-5-18(15(2)24)21(19,3)11-9-20(17)22/h1,15-20,24-26H,5-14H2,2-3H3/t15-,16-,17-,18+,19-,20-,21+,22+,23+/m0/s1. The molecular weight excluding hydrogens is 324 g/mol. The lowest BCUT2D eigenvalue weighted by Gasteiger charge is -2.64. The molecule has 3 nitrogen and oxygen atoms in total. The largest absolute Gasteiger partial charge is 0.393 e. The Hall–Kier alpha value is -0.560. The van der Waals surface area contributed by atoms with Gasteiger partial charge in [-0.15, -0.1) is 12.3 Å². The Morgan fingerprint density at radius 2 is 1.85 bits per heavy atom. The highest BCUT2D eigenvalue weighted by atomic mass is 16.3. The van der Waals surface area contributed by atoms with Gasteiger partial charge < -0.3 is 15.3 Å². The Morgan fingerprint density at radius 1 is 1.08 bits per heavy atom. The summed E-state index contributed by atoms with van der Waals surface area (Å²) in [6.45, 7) is 4.38. The van der Waals surface area contributed by atoms with Gasteiger partial charge in [0.1, 0.15) is 0 Å². The predicted octanol–water partition coefficient (Wildman–Crippen LogP) is 3.51. The van der Waals surface area contributed by atoms with Gasteiger partial charge in [0.05, 0.1) is 17.8 Å². The molecule has 0 radical (unpaired) electrons. The van der Waals surface area contributed by atoms with Crippen LogP contribution in [0.4, 0.5) is 0 Å². The molecule has 4 fully saturated rings. The number of hydrogen-bond acceptors (Lipinski definition) is 3. The second-order valence-corrected chi connectivity index (χ2v) is 10.3. The molecule has 146 valence electrons. The average Bonchev–Trinajstić information content (AvgIpc) is 2.93. The fourth-order valence-corrected chi connectivity index (χ4v) is 8.41. The van der Waals surface area contributed by atoms with Crippen molar-refractivity contribution < 1.29 is 15.3 Å². The third-order valence-corrected chi connectivity index (χ3v) is 9.54. The summed E-state index contributed by atoms with van der Waals surface area (Å²) in [5, 5.41) is 32.2. The number of aliphatic hydroxyl groups is 3. The SMILES string of the molecule is C#CC[C@]12CC[C@H](O)C[C@]1(O)CC[C@H]1[C@@H]3CC[C@H]([C@H](C)O)[C@@]3(C)CC[C@@H]12. The second-order valence-electron chi connectivity index (χ2n) is 10.3. The smallest absolute Gasteiger partial charge is 0.0740 e. The number of fused-ring (bicyclic) bond motifs is 5. The number of terminal acetylenes is 1. The van der Waals surface area contributed by atoms with Crippen LogP contribution in [0, 0.1) is 46.8 Å². The molecule has 4 saturated carbocycles. The molecule has 4 aliphatic rings. The monoisotopic (exact) mass is 360 g/mol. The molecule has 0 bridgehead atoms. The molecule has 0 heterocycles. The molecule has 0 aromatic rings. The van der Waals surface area contributed by atoms with Crippen LogP contribution in [0.5, 0.6) is 0 Å². The van der Waals surface area contributed by atoms with Crippen LogP contribution in [0.2, 0.25) is 0 Å². The minimum atomic E-state index is -0.797. The van der Waals surface area contributed by atoms with Gasteiger partial charge in [0.15, 0.2) is 0 Å². The van der Waals surface area contributed by atoms with E-state index in [1.165, 1.54) is 6.42 Å². The van der Waals surface area contributed by atoms with Gasteiger partial charge in [-0.05, 0) is 87.4 Å². The minimum absolute atomic E-state index is 0.214. The molecule has 3 heteroatoms. The zero-order chi connectivity index (χ0) is 18.7. The van der Waals surface area contributed by atoms with E-state index in [9.17, 15) is 15.3 Å². The highest BCUT2D eigenvalue weighted by Crippen LogP contribution is 2.69. The summed E-state index contributed by atoms with van der Waals surface area (Å²) in [5.41, 5.74) is -0.779. The minimum Gasteiger partial charge on any atom is -0.393 e. The van der Waals surface area contributed by atoms with Crippen molar-refractivity contribution >= 4 is 0 Å². The van der Waals surface area contributed by atoms with Gasteiger partial charge in [-0.3, -0.25) is 0 Å². The summed E-state index contributed by atoms with van der Waals surface area (Å²) in [6.07, 6.45) is 14.4. The van der Waals surface area contributed by atoms with Crippen LogP contribution in [0.15, 0.2) is 0 Å². The number of aliphatic hydroxyl groups excluding tert-OH is 2. The van der Waals surface area contributed by atoms with Crippen LogP contribution in [-0.2, 0) is 0 Å². The van der Waals surface area contributed by atoms with E-state index in [2.05, 4.69) is 12.8 Å². The Balaban J connectivity index is 1.69. The summed E-state index contributed by atoms with van der Waals surface area (Å²) < 4.78 is 0. The summed E-state index contributed by atoms with van der Waals surface area (Å²) in [6, 6.07) is 0. The zero-order valence-electron chi connectivity index (χ0n) is 16.5. The lowest BCUT2D eigenvalue weighted by molar-refractivity contribution is -0.226. The summed E-state index contributed by atoms with van der Waals surface area (Å²) in [5.74, 6) is 5.05. The number of rotatable bonds is 2. The predicted molar refractivity (Wildman–Crippen MR) is 102 cm³/mol. The van der Waals surface area contributed by atoms with Crippen LogP contribution < -0.4 is 0 Å². The molecule has 4 rings (SSSR count). The van der Waals surface area contributed by atoms with Gasteiger partial charge in [-0.1, -0.05) is 6.92 Å². The van der Waals surface area contributed by atoms with E-state index in [0.717, 1.165) is 44.9 Å². The van der Waals surface area contributed by atoms with Gasteiger partial charge >= 0.3 is 0 Å². The van der Waals surface area contributed by atoms with E-state index in [4.69, 9.17) is 6.42 Å². The zero-order valence-corrected chi connectivity index (χ0v) is 16.5. The normalized spacial score (nSPS) is 54.5. The third-order valence-electron chi connectivity index (χ3n) is 9.54. The van der Waals surface area contributed by atoms with Crippen molar-refractivity contribution in [1.82, 2.24) is 0 Å². The van der Waals surface area contributed by atoms with E-state index in [0.29, 0.717) is 36.5 Å². The van der Waals surface area contributed by atoms with Gasteiger partial charge in [-0.25, -0.2) is 0 Å².